The molecule has 6 nitrogen and oxygen atoms in total. The summed E-state index contributed by atoms with van der Waals surface area (Å²) in [5, 5.41) is 0. The number of Topliss-reactive ketones (excluding diaryl/α,β-unsaturated/α-hetero) is 1. The average Bonchev–Trinajstić information content (AvgIpc) is 2.93. The van der Waals surface area contributed by atoms with Gasteiger partial charge in [-0.3, -0.25) is 19.3 Å². The van der Waals surface area contributed by atoms with Crippen molar-refractivity contribution in [2.24, 2.45) is 11.8 Å². The fourth-order valence-corrected chi connectivity index (χ4v) is 4.18. The molecule has 1 amide bonds. The molecule has 4 rings (SSSR count). The molecule has 0 saturated heterocycles. The van der Waals surface area contributed by atoms with Crippen molar-refractivity contribution in [3.63, 3.8) is 0 Å². The topological polar surface area (TPSA) is 72.9 Å². The number of para-hydroxylation sites is 2. The van der Waals surface area contributed by atoms with Gasteiger partial charge < -0.3 is 9.47 Å². The minimum Gasteiger partial charge on any atom is -0.497 e. The van der Waals surface area contributed by atoms with Crippen molar-refractivity contribution in [2.75, 3.05) is 18.6 Å². The number of nitrogens with zero attached hydrogens (tertiary/aromatic N) is 1. The number of hydrogen-bond acceptors (Lipinski definition) is 5. The van der Waals surface area contributed by atoms with Crippen molar-refractivity contribution in [2.45, 2.75) is 12.8 Å². The van der Waals surface area contributed by atoms with Crippen LogP contribution in [0, 0.1) is 11.8 Å². The Morgan fingerprint density at radius 1 is 0.771 bits per heavy atom. The van der Waals surface area contributed by atoms with E-state index >= 15 is 0 Å². The Kier molecular flexibility index (Phi) is 7.73. The van der Waals surface area contributed by atoms with E-state index in [-0.39, 0.29) is 18.3 Å². The van der Waals surface area contributed by atoms with E-state index in [1.807, 2.05) is 72.8 Å². The fraction of sp³-hybridized carbons (Fsp3) is 0.207. The SMILES string of the molecule is COc1ccc(C(=O)COC(=O)[C@@H]2CC=CC[C@H]2C(=O)N(c2ccccc2)c2ccccc2)cc1. The van der Waals surface area contributed by atoms with Crippen LogP contribution in [-0.4, -0.2) is 31.4 Å². The maximum atomic E-state index is 13.8. The molecule has 3 aromatic rings. The van der Waals surface area contributed by atoms with Gasteiger partial charge in [-0.2, -0.15) is 0 Å². The molecule has 1 aliphatic rings. The van der Waals surface area contributed by atoms with E-state index in [4.69, 9.17) is 9.47 Å². The largest absolute Gasteiger partial charge is 0.497 e. The molecule has 178 valence electrons. The summed E-state index contributed by atoms with van der Waals surface area (Å²) in [5.74, 6) is -1.69. The van der Waals surface area contributed by atoms with E-state index in [0.717, 1.165) is 11.4 Å². The molecule has 0 fully saturated rings. The monoisotopic (exact) mass is 469 g/mol. The Morgan fingerprint density at radius 2 is 1.31 bits per heavy atom. The second-order valence-corrected chi connectivity index (χ2v) is 8.26. The lowest BCUT2D eigenvalue weighted by Crippen LogP contribution is -2.40. The molecule has 0 radical (unpaired) electrons. The molecule has 0 aromatic heterocycles. The van der Waals surface area contributed by atoms with Crippen molar-refractivity contribution in [3.05, 3.63) is 103 Å². The van der Waals surface area contributed by atoms with Crippen molar-refractivity contribution in [1.29, 1.82) is 0 Å². The Labute approximate surface area is 204 Å². The third kappa shape index (κ3) is 5.66. The van der Waals surface area contributed by atoms with Crippen LogP contribution in [0.25, 0.3) is 0 Å². The lowest BCUT2D eigenvalue weighted by Gasteiger charge is -2.32. The van der Waals surface area contributed by atoms with Gasteiger partial charge in [-0.05, 0) is 61.4 Å². The number of allylic oxidation sites excluding steroid dienone is 2. The van der Waals surface area contributed by atoms with Gasteiger partial charge in [0.1, 0.15) is 5.75 Å². The third-order valence-corrected chi connectivity index (χ3v) is 6.06. The average molecular weight is 470 g/mol. The number of carbonyl (C=O) groups is 3. The molecular weight excluding hydrogens is 442 g/mol. The quantitative estimate of drug-likeness (QED) is 0.252. The molecule has 3 aromatic carbocycles. The highest BCUT2D eigenvalue weighted by Crippen LogP contribution is 2.34. The number of ether oxygens (including phenoxy) is 2. The van der Waals surface area contributed by atoms with Crippen molar-refractivity contribution < 1.29 is 23.9 Å². The standard InChI is InChI=1S/C29H27NO5/c1-34-24-18-16-21(17-19-24)27(31)20-35-29(33)26-15-9-8-14-25(26)28(32)30(22-10-4-2-5-11-22)23-12-6-3-7-13-23/h2-13,16-19,25-26H,14-15,20H2,1H3/t25-,26-/m1/s1. The number of esters is 1. The smallest absolute Gasteiger partial charge is 0.310 e. The molecule has 0 N–H and O–H groups in total. The molecular formula is C29H27NO5. The van der Waals surface area contributed by atoms with Crippen molar-refractivity contribution in [1.82, 2.24) is 0 Å². The summed E-state index contributed by atoms with van der Waals surface area (Å²) < 4.78 is 10.5. The Bertz CT molecular complexity index is 1150. The Morgan fingerprint density at radius 3 is 1.86 bits per heavy atom. The first kappa shape index (κ1) is 24.0. The molecule has 0 saturated carbocycles. The van der Waals surface area contributed by atoms with E-state index in [9.17, 15) is 14.4 Å². The summed E-state index contributed by atoms with van der Waals surface area (Å²) in [6, 6.07) is 25.3. The highest BCUT2D eigenvalue weighted by atomic mass is 16.5. The second-order valence-electron chi connectivity index (χ2n) is 8.26. The van der Waals surface area contributed by atoms with Crippen LogP contribution >= 0.6 is 0 Å². The van der Waals surface area contributed by atoms with Gasteiger partial charge >= 0.3 is 5.97 Å². The number of ketones is 1. The second kappa shape index (κ2) is 11.3. The van der Waals surface area contributed by atoms with E-state index < -0.39 is 17.8 Å². The zero-order valence-electron chi connectivity index (χ0n) is 19.5. The van der Waals surface area contributed by atoms with Crippen LogP contribution in [0.2, 0.25) is 0 Å². The summed E-state index contributed by atoms with van der Waals surface area (Å²) in [4.78, 5) is 41.0. The number of carbonyl (C=O) groups excluding carboxylic acids is 3. The van der Waals surface area contributed by atoms with E-state index in [2.05, 4.69) is 0 Å². The van der Waals surface area contributed by atoms with E-state index in [1.54, 1.807) is 36.3 Å². The van der Waals surface area contributed by atoms with Gasteiger partial charge in [-0.25, -0.2) is 0 Å². The van der Waals surface area contributed by atoms with E-state index in [1.165, 1.54) is 0 Å². The summed E-state index contributed by atoms with van der Waals surface area (Å²) in [6.07, 6.45) is 4.60. The minimum absolute atomic E-state index is 0.185. The van der Waals surface area contributed by atoms with Gasteiger partial charge in [0, 0.05) is 16.9 Å². The van der Waals surface area contributed by atoms with Gasteiger partial charge in [-0.1, -0.05) is 48.6 Å². The summed E-state index contributed by atoms with van der Waals surface area (Å²) in [7, 11) is 1.55. The first-order chi connectivity index (χ1) is 17.1. The highest BCUT2D eigenvalue weighted by Gasteiger charge is 2.38. The van der Waals surface area contributed by atoms with Crippen LogP contribution in [0.15, 0.2) is 97.1 Å². The predicted octanol–water partition coefficient (Wildman–Crippen LogP) is 5.37. The van der Waals surface area contributed by atoms with Gasteiger partial charge in [0.05, 0.1) is 18.9 Å². The molecule has 1 aliphatic carbocycles. The zero-order chi connectivity index (χ0) is 24.6. The molecule has 0 unspecified atom stereocenters. The number of amides is 1. The van der Waals surface area contributed by atoms with Gasteiger partial charge in [0.25, 0.3) is 0 Å². The van der Waals surface area contributed by atoms with Gasteiger partial charge in [0.15, 0.2) is 12.4 Å². The summed E-state index contributed by atoms with van der Waals surface area (Å²) in [5.41, 5.74) is 1.87. The lowest BCUT2D eigenvalue weighted by molar-refractivity contribution is -0.151. The van der Waals surface area contributed by atoms with Crippen LogP contribution < -0.4 is 9.64 Å². The number of rotatable bonds is 8. The van der Waals surface area contributed by atoms with E-state index in [0.29, 0.717) is 24.2 Å². The first-order valence-corrected chi connectivity index (χ1v) is 11.5. The van der Waals surface area contributed by atoms with Crippen molar-refractivity contribution >= 4 is 29.0 Å². The van der Waals surface area contributed by atoms with Gasteiger partial charge in [0.2, 0.25) is 5.91 Å². The minimum atomic E-state index is -0.675. The molecule has 2 atom stereocenters. The molecule has 0 heterocycles. The van der Waals surface area contributed by atoms with Crippen LogP contribution in [0.3, 0.4) is 0 Å². The van der Waals surface area contributed by atoms with Crippen LogP contribution in [0.4, 0.5) is 11.4 Å². The zero-order valence-corrected chi connectivity index (χ0v) is 19.5. The van der Waals surface area contributed by atoms with Crippen LogP contribution in [0.1, 0.15) is 23.2 Å². The number of methoxy groups -OCH3 is 1. The normalized spacial score (nSPS) is 16.8. The Hall–Kier alpha value is -4.19. The number of benzene rings is 3. The molecule has 6 heteroatoms. The molecule has 0 spiro atoms. The maximum Gasteiger partial charge on any atom is 0.310 e. The van der Waals surface area contributed by atoms with Crippen LogP contribution in [-0.2, 0) is 14.3 Å². The number of hydrogen-bond donors (Lipinski definition) is 0. The summed E-state index contributed by atoms with van der Waals surface area (Å²) in [6.45, 7) is -0.382. The van der Waals surface area contributed by atoms with Gasteiger partial charge in [-0.15, -0.1) is 0 Å². The number of anilines is 2. The Balaban J connectivity index is 1.50. The highest BCUT2D eigenvalue weighted by molar-refractivity contribution is 6.04. The first-order valence-electron chi connectivity index (χ1n) is 11.5. The maximum absolute atomic E-state index is 13.8. The summed E-state index contributed by atoms with van der Waals surface area (Å²) >= 11 is 0. The van der Waals surface area contributed by atoms with Crippen molar-refractivity contribution in [3.8, 4) is 5.75 Å². The van der Waals surface area contributed by atoms with Crippen LogP contribution in [0.5, 0.6) is 5.75 Å². The molecule has 0 bridgehead atoms. The lowest BCUT2D eigenvalue weighted by atomic mass is 9.81. The fourth-order valence-electron chi connectivity index (χ4n) is 4.18. The molecule has 35 heavy (non-hydrogen) atoms. The predicted molar refractivity (Wildman–Crippen MR) is 134 cm³/mol. The molecule has 0 aliphatic heterocycles. The third-order valence-electron chi connectivity index (χ3n) is 6.06.